The van der Waals surface area contributed by atoms with Crippen molar-refractivity contribution in [1.82, 2.24) is 9.78 Å². The molecule has 1 unspecified atom stereocenters. The average Bonchev–Trinajstić information content (AvgIpc) is 3.01. The fourth-order valence-corrected chi connectivity index (χ4v) is 3.19. The van der Waals surface area contributed by atoms with Gasteiger partial charge in [0.15, 0.2) is 6.10 Å². The number of hydrogen-bond donors (Lipinski definition) is 1. The molecule has 1 N–H and O–H groups in total. The first-order chi connectivity index (χ1) is 15.2. The molecule has 1 aromatic heterocycles. The molecule has 1 atom stereocenters. The molecule has 7 nitrogen and oxygen atoms in total. The number of carbonyl (C=O) groups is 1. The zero-order chi connectivity index (χ0) is 23.4. The Morgan fingerprint density at radius 3 is 2.50 bits per heavy atom. The normalized spacial score (nSPS) is 12.0. The summed E-state index contributed by atoms with van der Waals surface area (Å²) < 4.78 is 42.0. The van der Waals surface area contributed by atoms with Crippen LogP contribution in [0.3, 0.4) is 0 Å². The number of halogens is 3. The van der Waals surface area contributed by atoms with Crippen LogP contribution in [0.4, 0.5) is 8.78 Å². The number of hydrogen-bond acceptors (Lipinski definition) is 5. The Kier molecular flexibility index (Phi) is 7.19. The minimum absolute atomic E-state index is 0.0181. The van der Waals surface area contributed by atoms with Gasteiger partial charge in [-0.25, -0.2) is 9.48 Å². The van der Waals surface area contributed by atoms with E-state index in [0.29, 0.717) is 28.3 Å². The van der Waals surface area contributed by atoms with Gasteiger partial charge in [-0.15, -0.1) is 0 Å². The van der Waals surface area contributed by atoms with E-state index in [1.165, 1.54) is 14.0 Å². The molecule has 10 heteroatoms. The molecular formula is C22H21ClF2N2O5. The molecule has 0 bridgehead atoms. The Morgan fingerprint density at radius 1 is 1.19 bits per heavy atom. The monoisotopic (exact) mass is 466 g/mol. The second-order valence-corrected chi connectivity index (χ2v) is 7.37. The summed E-state index contributed by atoms with van der Waals surface area (Å²) in [6, 6.07) is 12.2. The summed E-state index contributed by atoms with van der Waals surface area (Å²) in [5.41, 5.74) is 2.51. The summed E-state index contributed by atoms with van der Waals surface area (Å²) in [7, 11) is 1.46. The number of aliphatic carboxylic acids is 1. The highest BCUT2D eigenvalue weighted by Gasteiger charge is 2.20. The third kappa shape index (κ3) is 5.47. The van der Waals surface area contributed by atoms with Gasteiger partial charge in [-0.3, -0.25) is 0 Å². The van der Waals surface area contributed by atoms with Gasteiger partial charge >= 0.3 is 12.6 Å². The van der Waals surface area contributed by atoms with Crippen LogP contribution in [0, 0.1) is 6.92 Å². The smallest absolute Gasteiger partial charge is 0.388 e. The van der Waals surface area contributed by atoms with Crippen LogP contribution >= 0.6 is 11.6 Å². The third-order valence-electron chi connectivity index (χ3n) is 4.54. The molecule has 0 saturated heterocycles. The van der Waals surface area contributed by atoms with Gasteiger partial charge in [0.25, 0.3) is 0 Å². The molecule has 2 aromatic carbocycles. The van der Waals surface area contributed by atoms with Gasteiger partial charge in [0.05, 0.1) is 0 Å². The summed E-state index contributed by atoms with van der Waals surface area (Å²) in [6.07, 6.45) is -1.00. The van der Waals surface area contributed by atoms with Gasteiger partial charge in [0, 0.05) is 18.2 Å². The lowest BCUT2D eigenvalue weighted by Crippen LogP contribution is -2.23. The molecule has 0 aliphatic carbocycles. The van der Waals surface area contributed by atoms with E-state index < -0.39 is 18.7 Å². The van der Waals surface area contributed by atoms with E-state index in [1.54, 1.807) is 30.3 Å². The Balaban J connectivity index is 1.73. The number of rotatable bonds is 9. The van der Waals surface area contributed by atoms with Crippen LogP contribution < -0.4 is 14.2 Å². The van der Waals surface area contributed by atoms with Crippen molar-refractivity contribution < 1.29 is 32.9 Å². The fourth-order valence-electron chi connectivity index (χ4n) is 2.88. The first-order valence-corrected chi connectivity index (χ1v) is 9.93. The molecular weight excluding hydrogens is 446 g/mol. The van der Waals surface area contributed by atoms with Crippen molar-refractivity contribution in [2.75, 3.05) is 0 Å². The highest BCUT2D eigenvalue weighted by molar-refractivity contribution is 6.34. The Labute approximate surface area is 188 Å². The average molecular weight is 467 g/mol. The maximum absolute atomic E-state index is 12.6. The molecule has 170 valence electrons. The van der Waals surface area contributed by atoms with Gasteiger partial charge in [-0.1, -0.05) is 23.7 Å². The number of carboxylic acid groups (broad SMARTS) is 1. The SMILES string of the molecule is Cc1ccc(COc2ccc(-c3nn(C)c(OC(F)F)c3Cl)cc2)c(OC(C)C(=O)O)c1. The van der Waals surface area contributed by atoms with Crippen LogP contribution in [0.2, 0.25) is 5.02 Å². The van der Waals surface area contributed by atoms with Crippen molar-refractivity contribution in [3.63, 3.8) is 0 Å². The van der Waals surface area contributed by atoms with Gasteiger partial charge in [-0.2, -0.15) is 13.9 Å². The van der Waals surface area contributed by atoms with Crippen LogP contribution in [-0.2, 0) is 18.4 Å². The standard InChI is InChI=1S/C22H21ClF2N2O5/c1-12-4-5-15(17(10-12)31-13(2)21(28)29)11-30-16-8-6-14(7-9-16)19-18(23)20(27(3)26-19)32-22(24)25/h4-10,13,22H,11H2,1-3H3,(H,28,29). The van der Waals surface area contributed by atoms with Crippen molar-refractivity contribution in [1.29, 1.82) is 0 Å². The lowest BCUT2D eigenvalue weighted by molar-refractivity contribution is -0.144. The highest BCUT2D eigenvalue weighted by Crippen LogP contribution is 2.36. The summed E-state index contributed by atoms with van der Waals surface area (Å²) in [4.78, 5) is 11.1. The number of benzene rings is 2. The number of carboxylic acids is 1. The second kappa shape index (κ2) is 9.86. The van der Waals surface area contributed by atoms with E-state index in [0.717, 1.165) is 10.2 Å². The van der Waals surface area contributed by atoms with Crippen molar-refractivity contribution in [3.05, 3.63) is 58.6 Å². The number of alkyl halides is 2. The van der Waals surface area contributed by atoms with Crippen molar-refractivity contribution >= 4 is 17.6 Å². The molecule has 3 aromatic rings. The van der Waals surface area contributed by atoms with Crippen LogP contribution in [0.1, 0.15) is 18.1 Å². The van der Waals surface area contributed by atoms with Gasteiger partial charge < -0.3 is 19.3 Å². The first kappa shape index (κ1) is 23.3. The highest BCUT2D eigenvalue weighted by atomic mass is 35.5. The quantitative estimate of drug-likeness (QED) is 0.473. The van der Waals surface area contributed by atoms with Crippen molar-refractivity contribution in [2.24, 2.45) is 7.05 Å². The maximum atomic E-state index is 12.6. The number of ether oxygens (including phenoxy) is 3. The molecule has 0 aliphatic heterocycles. The molecule has 0 radical (unpaired) electrons. The third-order valence-corrected chi connectivity index (χ3v) is 4.88. The van der Waals surface area contributed by atoms with Crippen LogP contribution in [0.5, 0.6) is 17.4 Å². The fraction of sp³-hybridized carbons (Fsp3) is 0.273. The molecule has 32 heavy (non-hydrogen) atoms. The molecule has 0 aliphatic rings. The predicted octanol–water partition coefficient (Wildman–Crippen LogP) is 5.08. The molecule has 0 spiro atoms. The van der Waals surface area contributed by atoms with E-state index in [-0.39, 0.29) is 17.5 Å². The number of aromatic nitrogens is 2. The van der Waals surface area contributed by atoms with Crippen LogP contribution in [0.25, 0.3) is 11.3 Å². The predicted molar refractivity (Wildman–Crippen MR) is 114 cm³/mol. The zero-order valence-corrected chi connectivity index (χ0v) is 18.3. The lowest BCUT2D eigenvalue weighted by atomic mass is 10.1. The van der Waals surface area contributed by atoms with Gasteiger partial charge in [0.2, 0.25) is 5.88 Å². The Morgan fingerprint density at radius 2 is 1.88 bits per heavy atom. The number of nitrogens with zero attached hydrogens (tertiary/aromatic N) is 2. The van der Waals surface area contributed by atoms with E-state index in [1.807, 2.05) is 19.1 Å². The summed E-state index contributed by atoms with van der Waals surface area (Å²) in [5.74, 6) is -0.324. The second-order valence-electron chi connectivity index (χ2n) is 6.99. The van der Waals surface area contributed by atoms with Crippen LogP contribution in [0.15, 0.2) is 42.5 Å². The summed E-state index contributed by atoms with van der Waals surface area (Å²) >= 11 is 6.15. The van der Waals surface area contributed by atoms with Gasteiger partial charge in [-0.05, 0) is 49.7 Å². The van der Waals surface area contributed by atoms with E-state index in [2.05, 4.69) is 9.84 Å². The maximum Gasteiger partial charge on any atom is 0.388 e. The van der Waals surface area contributed by atoms with Crippen molar-refractivity contribution in [3.8, 4) is 28.6 Å². The summed E-state index contributed by atoms with van der Waals surface area (Å²) in [5, 5.41) is 13.2. The van der Waals surface area contributed by atoms with Crippen molar-refractivity contribution in [2.45, 2.75) is 33.2 Å². The van der Waals surface area contributed by atoms with Gasteiger partial charge in [0.1, 0.15) is 28.8 Å². The topological polar surface area (TPSA) is 82.8 Å². The van der Waals surface area contributed by atoms with E-state index in [9.17, 15) is 13.6 Å². The Hall–Kier alpha value is -3.33. The van der Waals surface area contributed by atoms with E-state index >= 15 is 0 Å². The number of aryl methyl sites for hydroxylation is 2. The zero-order valence-electron chi connectivity index (χ0n) is 17.5. The minimum atomic E-state index is -3.01. The lowest BCUT2D eigenvalue weighted by Gasteiger charge is -2.16. The molecule has 0 amide bonds. The molecule has 1 heterocycles. The summed E-state index contributed by atoms with van der Waals surface area (Å²) in [6.45, 7) is 0.468. The molecule has 0 saturated carbocycles. The molecule has 0 fully saturated rings. The largest absolute Gasteiger partial charge is 0.489 e. The first-order valence-electron chi connectivity index (χ1n) is 9.55. The van der Waals surface area contributed by atoms with E-state index in [4.69, 9.17) is 26.2 Å². The minimum Gasteiger partial charge on any atom is -0.489 e. The molecule has 3 rings (SSSR count). The Bertz CT molecular complexity index is 1100. The van der Waals surface area contributed by atoms with Crippen LogP contribution in [-0.4, -0.2) is 33.6 Å².